The number of amides is 2. The van der Waals surface area contributed by atoms with Gasteiger partial charge in [-0.15, -0.1) is 0 Å². The summed E-state index contributed by atoms with van der Waals surface area (Å²) in [6.45, 7) is 20.5. The highest BCUT2D eigenvalue weighted by Gasteiger charge is 2.24. The SMILES string of the molecule is CC(C)(C)OC(=O)CCN1CCN(CC(=O)NCCN(Cc2ccccn2)Cc2ccccn2)CCN(CC(=O)OC(C)(C)C)CCN(CC(=O)NCCN(Cc2ccccn2)Cc2ccccn2)CC1. The van der Waals surface area contributed by atoms with E-state index in [0.29, 0.717) is 111 Å². The summed E-state index contributed by atoms with van der Waals surface area (Å²) in [5.74, 6) is -0.844. The van der Waals surface area contributed by atoms with E-state index in [9.17, 15) is 19.2 Å². The molecule has 4 aromatic rings. The molecular weight excluding hydrogens is 901 g/mol. The van der Waals surface area contributed by atoms with Crippen LogP contribution in [0.15, 0.2) is 97.6 Å². The Morgan fingerprint density at radius 1 is 0.479 bits per heavy atom. The van der Waals surface area contributed by atoms with Crippen molar-refractivity contribution >= 4 is 23.8 Å². The summed E-state index contributed by atoms with van der Waals surface area (Å²) >= 11 is 0. The van der Waals surface area contributed by atoms with E-state index in [0.717, 1.165) is 22.8 Å². The molecule has 1 aliphatic rings. The lowest BCUT2D eigenvalue weighted by atomic mass is 10.2. The lowest BCUT2D eigenvalue weighted by molar-refractivity contribution is -0.157. The molecule has 1 aliphatic heterocycles. The van der Waals surface area contributed by atoms with Gasteiger partial charge in [0.1, 0.15) is 11.2 Å². The fourth-order valence-corrected chi connectivity index (χ4v) is 8.01. The van der Waals surface area contributed by atoms with Crippen LogP contribution in [0.25, 0.3) is 0 Å². The number of aromatic nitrogens is 4. The van der Waals surface area contributed by atoms with E-state index in [1.54, 1.807) is 24.8 Å². The fraction of sp³-hybridized carbons (Fsp3) is 0.547. The Bertz CT molecular complexity index is 1960. The molecule has 71 heavy (non-hydrogen) atoms. The smallest absolute Gasteiger partial charge is 0.320 e. The Balaban J connectivity index is 1.25. The molecule has 0 bridgehead atoms. The van der Waals surface area contributed by atoms with Gasteiger partial charge in [-0.1, -0.05) is 24.3 Å². The molecule has 18 heteroatoms. The summed E-state index contributed by atoms with van der Waals surface area (Å²) in [5, 5.41) is 6.30. The van der Waals surface area contributed by atoms with Gasteiger partial charge in [-0.3, -0.25) is 63.6 Å². The zero-order chi connectivity index (χ0) is 50.9. The van der Waals surface area contributed by atoms with E-state index in [1.807, 2.05) is 119 Å². The number of nitrogens with zero attached hydrogens (tertiary/aromatic N) is 10. The van der Waals surface area contributed by atoms with Crippen LogP contribution in [0.1, 0.15) is 70.7 Å². The maximum absolute atomic E-state index is 13.7. The minimum absolute atomic E-state index is 0.0596. The van der Waals surface area contributed by atoms with Crippen molar-refractivity contribution in [3.8, 4) is 0 Å². The highest BCUT2D eigenvalue weighted by Crippen LogP contribution is 2.12. The fourth-order valence-electron chi connectivity index (χ4n) is 8.01. The first-order valence-corrected chi connectivity index (χ1v) is 24.9. The summed E-state index contributed by atoms with van der Waals surface area (Å²) in [5.41, 5.74) is 2.46. The standard InChI is InChI=1S/C53H78N12O6/c1-52(2,3)70-50(68)19-26-60-29-31-61(41-48(66)58-24-27-64(37-44-15-7-11-20-54-44)38-45-16-8-12-21-55-45)33-35-63(43-51(69)71-53(4,5)6)36-34-62(32-30-60)42-49(67)59-25-28-65(39-46-17-9-13-22-56-46)40-47-18-10-14-23-57-47/h7-18,20-23H,19,24-43H2,1-6H3,(H,58,66)(H,59,67). The highest BCUT2D eigenvalue weighted by atomic mass is 16.6. The lowest BCUT2D eigenvalue weighted by Crippen LogP contribution is -2.50. The van der Waals surface area contributed by atoms with E-state index < -0.39 is 11.2 Å². The Labute approximate surface area is 421 Å². The molecule has 5 heterocycles. The lowest BCUT2D eigenvalue weighted by Gasteiger charge is -2.34. The van der Waals surface area contributed by atoms with E-state index in [2.05, 4.69) is 55.1 Å². The van der Waals surface area contributed by atoms with Crippen LogP contribution in [0.4, 0.5) is 0 Å². The number of pyridine rings is 4. The van der Waals surface area contributed by atoms with Gasteiger partial charge in [0, 0.05) is 136 Å². The molecule has 0 aliphatic carbocycles. The third-order valence-corrected chi connectivity index (χ3v) is 11.4. The third kappa shape index (κ3) is 24.3. The van der Waals surface area contributed by atoms with E-state index in [4.69, 9.17) is 9.47 Å². The van der Waals surface area contributed by atoms with Gasteiger partial charge in [-0.05, 0) is 90.1 Å². The molecule has 0 unspecified atom stereocenters. The first-order chi connectivity index (χ1) is 34.0. The van der Waals surface area contributed by atoms with Gasteiger partial charge in [0.15, 0.2) is 0 Å². The van der Waals surface area contributed by atoms with Gasteiger partial charge < -0.3 is 25.0 Å². The first-order valence-electron chi connectivity index (χ1n) is 24.9. The van der Waals surface area contributed by atoms with Crippen molar-refractivity contribution in [3.63, 3.8) is 0 Å². The van der Waals surface area contributed by atoms with Crippen molar-refractivity contribution in [1.29, 1.82) is 0 Å². The molecule has 386 valence electrons. The Morgan fingerprint density at radius 3 is 1.13 bits per heavy atom. The predicted molar refractivity (Wildman–Crippen MR) is 273 cm³/mol. The van der Waals surface area contributed by atoms with E-state index >= 15 is 0 Å². The Kier molecular flexibility index (Phi) is 23.4. The molecule has 2 N–H and O–H groups in total. The van der Waals surface area contributed by atoms with E-state index in [-0.39, 0.29) is 49.8 Å². The molecule has 4 aromatic heterocycles. The number of hydrogen-bond donors (Lipinski definition) is 2. The van der Waals surface area contributed by atoms with Gasteiger partial charge in [-0.2, -0.15) is 0 Å². The zero-order valence-electron chi connectivity index (χ0n) is 43.0. The number of carbonyl (C=O) groups is 4. The van der Waals surface area contributed by atoms with Crippen LogP contribution in [-0.4, -0.2) is 189 Å². The van der Waals surface area contributed by atoms with Gasteiger partial charge in [0.05, 0.1) is 48.8 Å². The molecule has 5 rings (SSSR count). The van der Waals surface area contributed by atoms with Gasteiger partial charge in [0.2, 0.25) is 11.8 Å². The monoisotopic (exact) mass is 979 g/mol. The van der Waals surface area contributed by atoms with Crippen LogP contribution >= 0.6 is 0 Å². The molecule has 0 saturated carbocycles. The second-order valence-corrected chi connectivity index (χ2v) is 20.0. The van der Waals surface area contributed by atoms with Crippen LogP contribution in [-0.2, 0) is 54.8 Å². The number of rotatable bonds is 23. The van der Waals surface area contributed by atoms with Gasteiger partial charge >= 0.3 is 11.9 Å². The van der Waals surface area contributed by atoms with Crippen molar-refractivity contribution in [1.82, 2.24) is 60.0 Å². The summed E-state index contributed by atoms with van der Waals surface area (Å²) in [7, 11) is 0. The van der Waals surface area contributed by atoms with Gasteiger partial charge in [0.25, 0.3) is 0 Å². The van der Waals surface area contributed by atoms with Crippen LogP contribution in [0.3, 0.4) is 0 Å². The quantitative estimate of drug-likeness (QED) is 0.103. The molecule has 2 amide bonds. The molecule has 1 fully saturated rings. The summed E-state index contributed by atoms with van der Waals surface area (Å²) < 4.78 is 11.4. The molecule has 0 spiro atoms. The first kappa shape index (κ1) is 56.2. The van der Waals surface area contributed by atoms with E-state index in [1.165, 1.54) is 0 Å². The van der Waals surface area contributed by atoms with Crippen LogP contribution < -0.4 is 10.6 Å². The molecule has 18 nitrogen and oxygen atoms in total. The Morgan fingerprint density at radius 2 is 0.803 bits per heavy atom. The van der Waals surface area contributed by atoms with Crippen LogP contribution in [0.5, 0.6) is 0 Å². The topological polar surface area (TPSA) is 182 Å². The molecule has 1 saturated heterocycles. The van der Waals surface area contributed by atoms with Crippen molar-refractivity contribution < 1.29 is 28.7 Å². The number of ether oxygens (including phenoxy) is 2. The highest BCUT2D eigenvalue weighted by molar-refractivity contribution is 5.78. The van der Waals surface area contributed by atoms with Crippen LogP contribution in [0, 0.1) is 0 Å². The molecule has 0 radical (unpaired) electrons. The van der Waals surface area contributed by atoms with Crippen molar-refractivity contribution in [2.45, 2.75) is 85.3 Å². The van der Waals surface area contributed by atoms with Crippen LogP contribution in [0.2, 0.25) is 0 Å². The normalized spacial score (nSPS) is 15.2. The number of esters is 2. The minimum Gasteiger partial charge on any atom is -0.460 e. The minimum atomic E-state index is -0.657. The largest absolute Gasteiger partial charge is 0.460 e. The Hall–Kier alpha value is -5.76. The number of hydrogen-bond acceptors (Lipinski definition) is 16. The third-order valence-electron chi connectivity index (χ3n) is 11.4. The van der Waals surface area contributed by atoms with Crippen molar-refractivity contribution in [2.75, 3.05) is 105 Å². The van der Waals surface area contributed by atoms with Crippen molar-refractivity contribution in [3.05, 3.63) is 120 Å². The average Bonchev–Trinajstić information content (AvgIpc) is 3.31. The molecular formula is C53H78N12O6. The maximum Gasteiger partial charge on any atom is 0.320 e. The number of nitrogens with one attached hydrogen (secondary N) is 2. The average molecular weight is 979 g/mol. The summed E-state index contributed by atoms with van der Waals surface area (Å²) in [6, 6.07) is 23.4. The number of carbonyl (C=O) groups excluding carboxylic acids is 4. The predicted octanol–water partition coefficient (Wildman–Crippen LogP) is 3.50. The summed E-state index contributed by atoms with van der Waals surface area (Å²) in [6.07, 6.45) is 7.32. The summed E-state index contributed by atoms with van der Waals surface area (Å²) in [4.78, 5) is 84.7. The second kappa shape index (κ2) is 29.6. The molecule has 0 aromatic carbocycles. The van der Waals surface area contributed by atoms with Gasteiger partial charge in [-0.25, -0.2) is 0 Å². The maximum atomic E-state index is 13.7. The second-order valence-electron chi connectivity index (χ2n) is 20.0. The zero-order valence-corrected chi connectivity index (χ0v) is 43.0. The molecule has 0 atom stereocenters. The van der Waals surface area contributed by atoms with Crippen molar-refractivity contribution in [2.24, 2.45) is 0 Å².